The van der Waals surface area contributed by atoms with Gasteiger partial charge in [-0.05, 0) is 39.9 Å². The molecule has 1 atom stereocenters. The summed E-state index contributed by atoms with van der Waals surface area (Å²) >= 11 is 1.85. The van der Waals surface area contributed by atoms with Gasteiger partial charge in [-0.1, -0.05) is 40.7 Å². The van der Waals surface area contributed by atoms with Crippen molar-refractivity contribution < 1.29 is 0 Å². The summed E-state index contributed by atoms with van der Waals surface area (Å²) < 4.78 is 0. The highest BCUT2D eigenvalue weighted by atomic mass is 32.2. The molecule has 0 fully saturated rings. The molecule has 0 bridgehead atoms. The van der Waals surface area contributed by atoms with Crippen molar-refractivity contribution in [3.05, 3.63) is 22.8 Å². The van der Waals surface area contributed by atoms with Gasteiger partial charge in [0, 0.05) is 22.9 Å². The number of thioether (sulfide) groups is 1. The highest BCUT2D eigenvalue weighted by Gasteiger charge is 2.05. The van der Waals surface area contributed by atoms with Crippen LogP contribution in [0.3, 0.4) is 0 Å². The van der Waals surface area contributed by atoms with Crippen molar-refractivity contribution in [2.45, 2.75) is 48.5 Å². The van der Waals surface area contributed by atoms with Gasteiger partial charge in [-0.3, -0.25) is 0 Å². The minimum atomic E-state index is 0.693. The van der Waals surface area contributed by atoms with E-state index in [1.54, 1.807) is 0 Å². The molecule has 0 saturated carbocycles. The van der Waals surface area contributed by atoms with E-state index in [0.717, 1.165) is 18.0 Å². The van der Waals surface area contributed by atoms with Gasteiger partial charge in [0.15, 0.2) is 0 Å². The van der Waals surface area contributed by atoms with Gasteiger partial charge in [-0.15, -0.1) is 11.8 Å². The average molecular weight is 289 g/mol. The first-order valence-electron chi connectivity index (χ1n) is 7.34. The molecule has 116 valence electrons. The third kappa shape index (κ3) is 17.6. The summed E-state index contributed by atoms with van der Waals surface area (Å²) in [6, 6.07) is 0. The normalized spacial score (nSPS) is 13.2. The van der Waals surface area contributed by atoms with Gasteiger partial charge in [-0.2, -0.15) is 0 Å². The van der Waals surface area contributed by atoms with E-state index < -0.39 is 0 Å². The van der Waals surface area contributed by atoms with E-state index in [-0.39, 0.29) is 0 Å². The van der Waals surface area contributed by atoms with E-state index in [2.05, 4.69) is 32.8 Å². The van der Waals surface area contributed by atoms with Crippen LogP contribution in [0, 0.1) is 5.92 Å². The van der Waals surface area contributed by atoms with Crippen LogP contribution in [-0.4, -0.2) is 31.3 Å². The van der Waals surface area contributed by atoms with Crippen molar-refractivity contribution in [2.75, 3.05) is 26.4 Å². The van der Waals surface area contributed by atoms with Crippen LogP contribution in [0.1, 0.15) is 48.5 Å². The quantitative estimate of drug-likeness (QED) is 0.716. The molecule has 0 spiro atoms. The Morgan fingerprint density at radius 1 is 1.21 bits per heavy atom. The Bertz CT molecular complexity index is 233. The van der Waals surface area contributed by atoms with Crippen molar-refractivity contribution in [3.8, 4) is 0 Å². The maximum absolute atomic E-state index is 5.88. The van der Waals surface area contributed by atoms with Gasteiger partial charge in [0.1, 0.15) is 0 Å². The lowest BCUT2D eigenvalue weighted by atomic mass is 10.2. The summed E-state index contributed by atoms with van der Waals surface area (Å²) in [6.45, 7) is 15.5. The molecule has 0 heterocycles. The number of nitrogens with zero attached hydrogens (tertiary/aromatic N) is 1. The molecule has 2 N–H and O–H groups in total. The molecule has 2 nitrogen and oxygen atoms in total. The van der Waals surface area contributed by atoms with Crippen LogP contribution in [0.4, 0.5) is 0 Å². The Balaban J connectivity index is -0.000000579. The Hall–Kier alpha value is -0.410. The van der Waals surface area contributed by atoms with Crippen molar-refractivity contribution in [2.24, 2.45) is 11.7 Å². The topological polar surface area (TPSA) is 29.3 Å². The number of allylic oxidation sites excluding steroid dienone is 3. The monoisotopic (exact) mass is 288 g/mol. The Morgan fingerprint density at radius 3 is 2.05 bits per heavy atom. The third-order valence-corrected chi connectivity index (χ3v) is 3.42. The number of nitrogens with two attached hydrogens (primary N) is 1. The molecule has 0 saturated heterocycles. The van der Waals surface area contributed by atoms with Gasteiger partial charge in [0.2, 0.25) is 0 Å². The van der Waals surface area contributed by atoms with Gasteiger partial charge in [0.05, 0.1) is 0 Å². The van der Waals surface area contributed by atoms with E-state index in [4.69, 9.17) is 5.73 Å². The zero-order chi connectivity index (χ0) is 15.8. The van der Waals surface area contributed by atoms with E-state index in [1.807, 2.05) is 58.5 Å². The maximum Gasteiger partial charge on any atom is 0.0404 e. The largest absolute Gasteiger partial charge is 0.398 e. The number of hydrogen-bond acceptors (Lipinski definition) is 3. The molecule has 3 heteroatoms. The maximum atomic E-state index is 5.88. The lowest BCUT2D eigenvalue weighted by Gasteiger charge is -2.16. The molecule has 0 aromatic rings. The van der Waals surface area contributed by atoms with Gasteiger partial charge < -0.3 is 10.6 Å². The second-order valence-corrected chi connectivity index (χ2v) is 5.42. The van der Waals surface area contributed by atoms with Crippen LogP contribution in [0.15, 0.2) is 22.8 Å². The fraction of sp³-hybridized carbons (Fsp3) is 0.750. The second-order valence-electron chi connectivity index (χ2n) is 4.19. The van der Waals surface area contributed by atoms with Crippen LogP contribution in [-0.2, 0) is 0 Å². The van der Waals surface area contributed by atoms with Gasteiger partial charge >= 0.3 is 0 Å². The molecule has 0 aliphatic rings. The molecular weight excluding hydrogens is 252 g/mol. The summed E-state index contributed by atoms with van der Waals surface area (Å²) in [5.74, 6) is 1.82. The first kappa shape index (κ1) is 23.7. The summed E-state index contributed by atoms with van der Waals surface area (Å²) in [5.41, 5.74) is 6.77. The van der Waals surface area contributed by atoms with Crippen LogP contribution in [0.2, 0.25) is 0 Å². The minimum Gasteiger partial charge on any atom is -0.398 e. The first-order chi connectivity index (χ1) is 8.97. The summed E-state index contributed by atoms with van der Waals surface area (Å²) in [5, 5.41) is 0. The summed E-state index contributed by atoms with van der Waals surface area (Å²) in [4.78, 5) is 3.44. The summed E-state index contributed by atoms with van der Waals surface area (Å²) in [7, 11) is 4.22. The molecule has 0 aliphatic carbocycles. The van der Waals surface area contributed by atoms with Crippen molar-refractivity contribution in [1.29, 1.82) is 0 Å². The van der Waals surface area contributed by atoms with E-state index >= 15 is 0 Å². The van der Waals surface area contributed by atoms with E-state index in [1.165, 1.54) is 4.91 Å². The number of rotatable bonds is 6. The predicted molar refractivity (Wildman–Crippen MR) is 94.6 cm³/mol. The zero-order valence-corrected chi connectivity index (χ0v) is 15.4. The molecule has 19 heavy (non-hydrogen) atoms. The Labute approximate surface area is 126 Å². The summed E-state index contributed by atoms with van der Waals surface area (Å²) in [6.07, 6.45) is 3.93. The zero-order valence-electron chi connectivity index (χ0n) is 14.6. The van der Waals surface area contributed by atoms with Crippen molar-refractivity contribution in [3.63, 3.8) is 0 Å². The SMILES string of the molecule is C/C=C\C(N)=C(/C)SCC(C)CN(C)C.CC.CC. The highest BCUT2D eigenvalue weighted by Crippen LogP contribution is 2.20. The van der Waals surface area contributed by atoms with Crippen molar-refractivity contribution in [1.82, 2.24) is 4.90 Å². The third-order valence-electron chi connectivity index (χ3n) is 2.01. The average Bonchev–Trinajstić information content (AvgIpc) is 2.40. The fourth-order valence-electron chi connectivity index (χ4n) is 1.32. The lowest BCUT2D eigenvalue weighted by Crippen LogP contribution is -2.21. The minimum absolute atomic E-state index is 0.693. The van der Waals surface area contributed by atoms with Crippen molar-refractivity contribution >= 4 is 11.8 Å². The smallest absolute Gasteiger partial charge is 0.0404 e. The van der Waals surface area contributed by atoms with Crippen LogP contribution < -0.4 is 5.73 Å². The molecular formula is C16H36N2S. The molecule has 0 aliphatic heterocycles. The molecule has 0 radical (unpaired) electrons. The van der Waals surface area contributed by atoms with Crippen LogP contribution >= 0.6 is 11.8 Å². The highest BCUT2D eigenvalue weighted by molar-refractivity contribution is 8.03. The van der Waals surface area contributed by atoms with Crippen LogP contribution in [0.5, 0.6) is 0 Å². The Kier molecular flexibility index (Phi) is 21.9. The fourth-order valence-corrected chi connectivity index (χ4v) is 2.20. The molecule has 0 amide bonds. The standard InChI is InChI=1S/C12H24N2S.2C2H6/c1-6-7-12(13)11(3)15-9-10(2)8-14(4)5;2*1-2/h6-7,10H,8-9,13H2,1-5H3;2*1-2H3/b7-6-,12-11-;;. The molecule has 1 unspecified atom stereocenters. The van der Waals surface area contributed by atoms with Crippen LogP contribution in [0.25, 0.3) is 0 Å². The second kappa shape index (κ2) is 17.6. The van der Waals surface area contributed by atoms with Gasteiger partial charge in [0.25, 0.3) is 0 Å². The molecule has 0 rings (SSSR count). The predicted octanol–water partition coefficient (Wildman–Crippen LogP) is 4.74. The Morgan fingerprint density at radius 2 is 1.68 bits per heavy atom. The lowest BCUT2D eigenvalue weighted by molar-refractivity contribution is 0.357. The molecule has 0 aromatic heterocycles. The van der Waals surface area contributed by atoms with Gasteiger partial charge in [-0.25, -0.2) is 0 Å². The van der Waals surface area contributed by atoms with E-state index in [0.29, 0.717) is 5.92 Å². The number of hydrogen-bond donors (Lipinski definition) is 1. The van der Waals surface area contributed by atoms with E-state index in [9.17, 15) is 0 Å². The molecule has 0 aromatic carbocycles. The first-order valence-corrected chi connectivity index (χ1v) is 8.32.